The van der Waals surface area contributed by atoms with Crippen molar-refractivity contribution in [1.29, 1.82) is 0 Å². The van der Waals surface area contributed by atoms with Gasteiger partial charge in [0.2, 0.25) is 5.91 Å². The molecular weight excluding hydrogens is 338 g/mol. The zero-order chi connectivity index (χ0) is 17.6. The van der Waals surface area contributed by atoms with E-state index in [0.717, 1.165) is 24.1 Å². The fraction of sp³-hybridized carbons (Fsp3) is 0.611. The monoisotopic (exact) mass is 361 g/mol. The van der Waals surface area contributed by atoms with Crippen LogP contribution in [0.3, 0.4) is 0 Å². The Morgan fingerprint density at radius 1 is 1.28 bits per heavy atom. The molecule has 0 unspecified atom stereocenters. The van der Waals surface area contributed by atoms with E-state index < -0.39 is 6.04 Å². The van der Waals surface area contributed by atoms with Gasteiger partial charge in [-0.05, 0) is 37.1 Å². The minimum atomic E-state index is -0.502. The van der Waals surface area contributed by atoms with Gasteiger partial charge in [-0.25, -0.2) is 4.79 Å². The molecule has 1 aromatic heterocycles. The number of nitrogens with zero attached hydrogens (tertiary/aromatic N) is 3. The molecule has 134 valence electrons. The van der Waals surface area contributed by atoms with E-state index >= 15 is 0 Å². The largest absolute Gasteiger partial charge is 0.328 e. The van der Waals surface area contributed by atoms with Crippen LogP contribution in [0.1, 0.15) is 37.5 Å². The SMILES string of the molecule is CCCN1C(=O)[C@@H]2[C@@H](CCN2C(=O)C2CC2)N(Cc2cccs2)C1=O. The maximum atomic E-state index is 13.0. The highest BCUT2D eigenvalue weighted by Crippen LogP contribution is 2.37. The van der Waals surface area contributed by atoms with Crippen molar-refractivity contribution in [2.75, 3.05) is 13.1 Å². The first-order valence-electron chi connectivity index (χ1n) is 9.06. The maximum absolute atomic E-state index is 13.0. The molecule has 6 nitrogen and oxygen atoms in total. The minimum absolute atomic E-state index is 0.0922. The number of rotatable bonds is 5. The molecule has 0 aromatic carbocycles. The van der Waals surface area contributed by atoms with Gasteiger partial charge >= 0.3 is 6.03 Å². The van der Waals surface area contributed by atoms with Crippen LogP contribution in [-0.2, 0) is 16.1 Å². The number of carbonyl (C=O) groups is 3. The molecule has 2 atom stereocenters. The van der Waals surface area contributed by atoms with E-state index in [-0.39, 0.29) is 29.8 Å². The number of amides is 4. The molecule has 0 radical (unpaired) electrons. The fourth-order valence-electron chi connectivity index (χ4n) is 3.95. The summed E-state index contributed by atoms with van der Waals surface area (Å²) in [5.41, 5.74) is 0. The Balaban J connectivity index is 1.63. The average Bonchev–Trinajstić information content (AvgIpc) is 3.15. The van der Waals surface area contributed by atoms with E-state index in [0.29, 0.717) is 26.1 Å². The summed E-state index contributed by atoms with van der Waals surface area (Å²) in [6, 6.07) is 3.08. The predicted molar refractivity (Wildman–Crippen MR) is 93.9 cm³/mol. The van der Waals surface area contributed by atoms with Crippen molar-refractivity contribution in [1.82, 2.24) is 14.7 Å². The number of hydrogen-bond donors (Lipinski definition) is 0. The van der Waals surface area contributed by atoms with Gasteiger partial charge in [-0.1, -0.05) is 13.0 Å². The molecule has 2 aliphatic heterocycles. The van der Waals surface area contributed by atoms with Gasteiger partial charge in [-0.3, -0.25) is 14.5 Å². The van der Waals surface area contributed by atoms with Crippen molar-refractivity contribution < 1.29 is 14.4 Å². The summed E-state index contributed by atoms with van der Waals surface area (Å²) in [6.45, 7) is 3.45. The molecule has 3 aliphatic rings. The molecule has 4 amide bonds. The van der Waals surface area contributed by atoms with Crippen LogP contribution in [0.15, 0.2) is 17.5 Å². The first-order chi connectivity index (χ1) is 12.1. The van der Waals surface area contributed by atoms with E-state index in [1.54, 1.807) is 16.2 Å². The molecule has 2 saturated heterocycles. The first kappa shape index (κ1) is 16.6. The lowest BCUT2D eigenvalue weighted by atomic mass is 10.0. The van der Waals surface area contributed by atoms with Crippen LogP contribution in [0.4, 0.5) is 4.79 Å². The second-order valence-electron chi connectivity index (χ2n) is 7.09. The standard InChI is InChI=1S/C18H23N3O3S/c1-2-8-20-17(23)15-14(7-9-19(15)16(22)12-5-6-12)21(18(20)24)11-13-4-3-10-25-13/h3-4,10,12,14-15H,2,5-9,11H2,1H3/t14-,15+/m1/s1. The van der Waals surface area contributed by atoms with Crippen molar-refractivity contribution in [3.63, 3.8) is 0 Å². The summed E-state index contributed by atoms with van der Waals surface area (Å²) in [5.74, 6) is 0.00282. The zero-order valence-corrected chi connectivity index (χ0v) is 15.2. The summed E-state index contributed by atoms with van der Waals surface area (Å²) in [6.07, 6.45) is 3.26. The van der Waals surface area contributed by atoms with Crippen LogP contribution in [0.2, 0.25) is 0 Å². The van der Waals surface area contributed by atoms with Crippen LogP contribution in [0, 0.1) is 5.92 Å². The number of carbonyl (C=O) groups excluding carboxylic acids is 3. The molecular formula is C18H23N3O3S. The summed E-state index contributed by atoms with van der Waals surface area (Å²) in [4.78, 5) is 44.6. The summed E-state index contributed by atoms with van der Waals surface area (Å²) < 4.78 is 0. The Bertz CT molecular complexity index is 686. The van der Waals surface area contributed by atoms with Gasteiger partial charge in [0, 0.05) is 23.9 Å². The predicted octanol–water partition coefficient (Wildman–Crippen LogP) is 2.30. The molecule has 1 aromatic rings. The molecule has 7 heteroatoms. The summed E-state index contributed by atoms with van der Waals surface area (Å²) >= 11 is 1.61. The van der Waals surface area contributed by atoms with Gasteiger partial charge in [0.1, 0.15) is 6.04 Å². The highest BCUT2D eigenvalue weighted by atomic mass is 32.1. The van der Waals surface area contributed by atoms with E-state index in [2.05, 4.69) is 0 Å². The van der Waals surface area contributed by atoms with Gasteiger partial charge in [0.25, 0.3) is 5.91 Å². The van der Waals surface area contributed by atoms with Crippen LogP contribution in [0.25, 0.3) is 0 Å². The highest BCUT2D eigenvalue weighted by molar-refractivity contribution is 7.09. The molecule has 0 spiro atoms. The van der Waals surface area contributed by atoms with E-state index in [4.69, 9.17) is 0 Å². The second-order valence-corrected chi connectivity index (χ2v) is 8.12. The van der Waals surface area contributed by atoms with E-state index in [1.165, 1.54) is 4.90 Å². The first-order valence-corrected chi connectivity index (χ1v) is 9.94. The normalized spacial score (nSPS) is 26.4. The smallest absolute Gasteiger partial charge is 0.327 e. The number of urea groups is 1. The molecule has 0 N–H and O–H groups in total. The Morgan fingerprint density at radius 2 is 2.08 bits per heavy atom. The van der Waals surface area contributed by atoms with Crippen LogP contribution in [0.5, 0.6) is 0 Å². The third-order valence-corrected chi connectivity index (χ3v) is 6.19. The average molecular weight is 361 g/mol. The van der Waals surface area contributed by atoms with Gasteiger partial charge in [-0.2, -0.15) is 0 Å². The quantitative estimate of drug-likeness (QED) is 0.808. The van der Waals surface area contributed by atoms with Gasteiger partial charge in [0.05, 0.1) is 12.6 Å². The molecule has 1 aliphatic carbocycles. The van der Waals surface area contributed by atoms with Crippen LogP contribution >= 0.6 is 11.3 Å². The fourth-order valence-corrected chi connectivity index (χ4v) is 4.65. The lowest BCUT2D eigenvalue weighted by molar-refractivity contribution is -0.147. The van der Waals surface area contributed by atoms with Crippen molar-refractivity contribution in [3.05, 3.63) is 22.4 Å². The molecule has 3 fully saturated rings. The van der Waals surface area contributed by atoms with Crippen molar-refractivity contribution in [3.8, 4) is 0 Å². The Kier molecular flexibility index (Phi) is 4.27. The lowest BCUT2D eigenvalue weighted by Crippen LogP contribution is -2.65. The maximum Gasteiger partial charge on any atom is 0.327 e. The van der Waals surface area contributed by atoms with Gasteiger partial charge in [0.15, 0.2) is 0 Å². The Hall–Kier alpha value is -1.89. The zero-order valence-electron chi connectivity index (χ0n) is 14.4. The Labute approximate surface area is 151 Å². The van der Waals surface area contributed by atoms with Crippen molar-refractivity contribution in [2.24, 2.45) is 5.92 Å². The van der Waals surface area contributed by atoms with Gasteiger partial charge < -0.3 is 9.80 Å². The lowest BCUT2D eigenvalue weighted by Gasteiger charge is -2.43. The molecule has 3 heterocycles. The van der Waals surface area contributed by atoms with Crippen molar-refractivity contribution in [2.45, 2.75) is 51.2 Å². The third-order valence-electron chi connectivity index (χ3n) is 5.33. The van der Waals surface area contributed by atoms with Crippen LogP contribution < -0.4 is 0 Å². The summed E-state index contributed by atoms with van der Waals surface area (Å²) in [7, 11) is 0. The molecule has 25 heavy (non-hydrogen) atoms. The number of fused-ring (bicyclic) bond motifs is 1. The van der Waals surface area contributed by atoms with Gasteiger partial charge in [-0.15, -0.1) is 11.3 Å². The molecule has 4 rings (SSSR count). The molecule has 0 bridgehead atoms. The summed E-state index contributed by atoms with van der Waals surface area (Å²) in [5, 5.41) is 1.99. The highest BCUT2D eigenvalue weighted by Gasteiger charge is 2.54. The minimum Gasteiger partial charge on any atom is -0.328 e. The van der Waals surface area contributed by atoms with Crippen molar-refractivity contribution >= 4 is 29.2 Å². The Morgan fingerprint density at radius 3 is 2.72 bits per heavy atom. The number of thiophene rings is 1. The van der Waals surface area contributed by atoms with Crippen LogP contribution in [-0.4, -0.2) is 57.7 Å². The van der Waals surface area contributed by atoms with E-state index in [9.17, 15) is 14.4 Å². The topological polar surface area (TPSA) is 60.9 Å². The second kappa shape index (κ2) is 6.44. The molecule has 1 saturated carbocycles. The number of likely N-dealkylation sites (tertiary alicyclic amines) is 1. The number of hydrogen-bond acceptors (Lipinski definition) is 4. The number of imide groups is 1. The third kappa shape index (κ3) is 2.84. The van der Waals surface area contributed by atoms with E-state index in [1.807, 2.05) is 29.3 Å².